The van der Waals surface area contributed by atoms with Crippen LogP contribution in [0.25, 0.3) is 0 Å². The number of thiazole rings is 1. The van der Waals surface area contributed by atoms with Crippen LogP contribution in [0.1, 0.15) is 10.5 Å². The summed E-state index contributed by atoms with van der Waals surface area (Å²) < 4.78 is 0. The summed E-state index contributed by atoms with van der Waals surface area (Å²) >= 11 is 1.31. The topological polar surface area (TPSA) is 80.9 Å². The Bertz CT molecular complexity index is 468. The lowest BCUT2D eigenvalue weighted by Gasteiger charge is -1.98. The van der Waals surface area contributed by atoms with Gasteiger partial charge in [-0.1, -0.05) is 6.07 Å². The van der Waals surface area contributed by atoms with Crippen LogP contribution in [-0.4, -0.2) is 15.9 Å². The highest BCUT2D eigenvalue weighted by molar-refractivity contribution is 7.14. The van der Waals surface area contributed by atoms with E-state index in [9.17, 15) is 4.79 Å². The Hall–Kier alpha value is -1.95. The highest BCUT2D eigenvalue weighted by Gasteiger charge is 2.06. The molecule has 3 N–H and O–H groups in total. The van der Waals surface area contributed by atoms with Gasteiger partial charge in [-0.2, -0.15) is 0 Å². The molecule has 1 amide bonds. The second kappa shape index (κ2) is 4.05. The number of nitrogens with zero attached hydrogens (tertiary/aromatic N) is 2. The van der Waals surface area contributed by atoms with Gasteiger partial charge in [0.05, 0.1) is 0 Å². The minimum absolute atomic E-state index is 0.262. The van der Waals surface area contributed by atoms with Gasteiger partial charge in [-0.15, -0.1) is 11.3 Å². The molecule has 2 aromatic rings. The first kappa shape index (κ1) is 9.60. The van der Waals surface area contributed by atoms with Gasteiger partial charge >= 0.3 is 0 Å². The maximum Gasteiger partial charge on any atom is 0.268 e. The van der Waals surface area contributed by atoms with Crippen LogP contribution in [0.4, 0.5) is 10.9 Å². The number of rotatable bonds is 3. The summed E-state index contributed by atoms with van der Waals surface area (Å²) in [6.07, 6.45) is 1.67. The molecule has 2 heterocycles. The van der Waals surface area contributed by atoms with Crippen molar-refractivity contribution in [3.8, 4) is 0 Å². The highest BCUT2D eigenvalue weighted by atomic mass is 32.1. The molecule has 0 aliphatic carbocycles. The molecule has 0 unspecified atom stereocenters. The van der Waals surface area contributed by atoms with Crippen LogP contribution in [-0.2, 0) is 0 Å². The number of hydrogen-bond donors (Lipinski definition) is 2. The number of pyridine rings is 1. The Morgan fingerprint density at radius 1 is 1.47 bits per heavy atom. The second-order valence-corrected chi connectivity index (χ2v) is 3.60. The van der Waals surface area contributed by atoms with Crippen LogP contribution < -0.4 is 11.1 Å². The predicted molar refractivity (Wildman–Crippen MR) is 58.2 cm³/mol. The number of nitrogens with two attached hydrogens (primary N) is 1. The molecule has 76 valence electrons. The van der Waals surface area contributed by atoms with Crippen molar-refractivity contribution in [2.45, 2.75) is 0 Å². The van der Waals surface area contributed by atoms with Gasteiger partial charge in [0.1, 0.15) is 11.5 Å². The van der Waals surface area contributed by atoms with Crippen molar-refractivity contribution in [3.05, 3.63) is 35.5 Å². The average molecular weight is 220 g/mol. The van der Waals surface area contributed by atoms with Crippen LogP contribution in [0.3, 0.4) is 0 Å². The Balaban J connectivity index is 2.15. The van der Waals surface area contributed by atoms with Crippen molar-refractivity contribution in [1.82, 2.24) is 9.97 Å². The molecule has 0 bridgehead atoms. The van der Waals surface area contributed by atoms with Gasteiger partial charge in [0.15, 0.2) is 5.13 Å². The zero-order chi connectivity index (χ0) is 10.7. The van der Waals surface area contributed by atoms with E-state index in [1.165, 1.54) is 11.3 Å². The standard InChI is InChI=1S/C9H8N4OS/c10-8(14)6-5-15-9(12-6)13-7-3-1-2-4-11-7/h1-5H,(H2,10,14)(H,11,12,13). The van der Waals surface area contributed by atoms with Gasteiger partial charge in [-0.25, -0.2) is 9.97 Å². The maximum absolute atomic E-state index is 10.8. The van der Waals surface area contributed by atoms with E-state index in [4.69, 9.17) is 5.73 Å². The minimum atomic E-state index is -0.527. The van der Waals surface area contributed by atoms with E-state index in [1.54, 1.807) is 11.6 Å². The zero-order valence-electron chi connectivity index (χ0n) is 7.68. The minimum Gasteiger partial charge on any atom is -0.364 e. The SMILES string of the molecule is NC(=O)c1csc(Nc2ccccn2)n1. The number of aromatic nitrogens is 2. The molecule has 2 rings (SSSR count). The first-order chi connectivity index (χ1) is 7.25. The molecule has 0 atom stereocenters. The number of primary amides is 1. The van der Waals surface area contributed by atoms with Gasteiger partial charge < -0.3 is 11.1 Å². The lowest BCUT2D eigenvalue weighted by atomic mass is 10.5. The summed E-state index contributed by atoms with van der Waals surface area (Å²) in [6.45, 7) is 0. The quantitative estimate of drug-likeness (QED) is 0.818. The maximum atomic E-state index is 10.8. The van der Waals surface area contributed by atoms with E-state index in [0.29, 0.717) is 10.9 Å². The lowest BCUT2D eigenvalue weighted by Crippen LogP contribution is -2.11. The number of carbonyl (C=O) groups excluding carboxylic acids is 1. The molecule has 15 heavy (non-hydrogen) atoms. The van der Waals surface area contributed by atoms with E-state index < -0.39 is 5.91 Å². The van der Waals surface area contributed by atoms with Gasteiger partial charge in [-0.05, 0) is 12.1 Å². The van der Waals surface area contributed by atoms with E-state index in [2.05, 4.69) is 15.3 Å². The molecule has 0 saturated heterocycles. The summed E-state index contributed by atoms with van der Waals surface area (Å²) in [4.78, 5) is 18.9. The second-order valence-electron chi connectivity index (χ2n) is 2.74. The number of hydrogen-bond acceptors (Lipinski definition) is 5. The summed E-state index contributed by atoms with van der Waals surface area (Å²) in [7, 11) is 0. The summed E-state index contributed by atoms with van der Waals surface area (Å²) in [5.41, 5.74) is 5.34. The Morgan fingerprint density at radius 3 is 2.93 bits per heavy atom. The zero-order valence-corrected chi connectivity index (χ0v) is 8.49. The number of carbonyl (C=O) groups is 1. The fourth-order valence-electron chi connectivity index (χ4n) is 0.991. The molecule has 2 aromatic heterocycles. The normalized spacial score (nSPS) is 9.87. The molecule has 0 spiro atoms. The van der Waals surface area contributed by atoms with Crippen molar-refractivity contribution < 1.29 is 4.79 Å². The first-order valence-electron chi connectivity index (χ1n) is 4.19. The number of nitrogens with one attached hydrogen (secondary N) is 1. The van der Waals surface area contributed by atoms with E-state index in [-0.39, 0.29) is 5.69 Å². The lowest BCUT2D eigenvalue weighted by molar-refractivity contribution is 0.0996. The Labute approximate surface area is 90.0 Å². The molecule has 0 radical (unpaired) electrons. The Morgan fingerprint density at radius 2 is 2.33 bits per heavy atom. The molecule has 6 heteroatoms. The average Bonchev–Trinajstić information content (AvgIpc) is 2.68. The molecule has 0 aliphatic rings. The van der Waals surface area contributed by atoms with Crippen LogP contribution in [0.5, 0.6) is 0 Å². The number of anilines is 2. The molecular weight excluding hydrogens is 212 g/mol. The predicted octanol–water partition coefficient (Wildman–Crippen LogP) is 1.38. The fourth-order valence-corrected chi connectivity index (χ4v) is 1.70. The first-order valence-corrected chi connectivity index (χ1v) is 5.07. The molecule has 0 aromatic carbocycles. The third kappa shape index (κ3) is 2.29. The van der Waals surface area contributed by atoms with Gasteiger partial charge in [0.2, 0.25) is 0 Å². The van der Waals surface area contributed by atoms with Crippen LogP contribution in [0.2, 0.25) is 0 Å². The highest BCUT2D eigenvalue weighted by Crippen LogP contribution is 2.18. The third-order valence-corrected chi connectivity index (χ3v) is 2.41. The molecule has 0 fully saturated rings. The summed E-state index contributed by atoms with van der Waals surface area (Å²) in [5.74, 6) is 0.156. The van der Waals surface area contributed by atoms with Crippen LogP contribution in [0, 0.1) is 0 Å². The van der Waals surface area contributed by atoms with Crippen molar-refractivity contribution in [1.29, 1.82) is 0 Å². The van der Waals surface area contributed by atoms with Crippen molar-refractivity contribution in [2.75, 3.05) is 5.32 Å². The van der Waals surface area contributed by atoms with Gasteiger partial charge in [0, 0.05) is 11.6 Å². The fraction of sp³-hybridized carbons (Fsp3) is 0. The molecular formula is C9H8N4OS. The monoisotopic (exact) mass is 220 g/mol. The van der Waals surface area contributed by atoms with Gasteiger partial charge in [0.25, 0.3) is 5.91 Å². The smallest absolute Gasteiger partial charge is 0.268 e. The van der Waals surface area contributed by atoms with Crippen LogP contribution in [0.15, 0.2) is 29.8 Å². The van der Waals surface area contributed by atoms with Crippen molar-refractivity contribution in [3.63, 3.8) is 0 Å². The summed E-state index contributed by atoms with van der Waals surface area (Å²) in [5, 5.41) is 5.17. The Kier molecular flexibility index (Phi) is 2.59. The van der Waals surface area contributed by atoms with Gasteiger partial charge in [-0.3, -0.25) is 4.79 Å². The third-order valence-electron chi connectivity index (χ3n) is 1.66. The van der Waals surface area contributed by atoms with E-state index >= 15 is 0 Å². The largest absolute Gasteiger partial charge is 0.364 e. The number of amides is 1. The van der Waals surface area contributed by atoms with E-state index in [1.807, 2.05) is 18.2 Å². The molecule has 0 aliphatic heterocycles. The molecule has 0 saturated carbocycles. The summed E-state index contributed by atoms with van der Waals surface area (Å²) in [6, 6.07) is 5.49. The van der Waals surface area contributed by atoms with E-state index in [0.717, 1.165) is 0 Å². The van der Waals surface area contributed by atoms with Crippen molar-refractivity contribution >= 4 is 28.2 Å². The molecule has 5 nitrogen and oxygen atoms in total. The van der Waals surface area contributed by atoms with Crippen molar-refractivity contribution in [2.24, 2.45) is 5.73 Å². The van der Waals surface area contributed by atoms with Crippen LogP contribution >= 0.6 is 11.3 Å².